The quantitative estimate of drug-likeness (QED) is 0.853. The van der Waals surface area contributed by atoms with Gasteiger partial charge in [-0.3, -0.25) is 4.79 Å². The summed E-state index contributed by atoms with van der Waals surface area (Å²) in [5.74, 6) is -0.245. The van der Waals surface area contributed by atoms with E-state index in [1.165, 1.54) is 0 Å². The zero-order chi connectivity index (χ0) is 15.6. The first-order valence-electron chi connectivity index (χ1n) is 6.53. The van der Waals surface area contributed by atoms with Crippen LogP contribution < -0.4 is 16.0 Å². The van der Waals surface area contributed by atoms with Gasteiger partial charge < -0.3 is 16.0 Å². The molecule has 5 heteroatoms. The first-order chi connectivity index (χ1) is 9.88. The molecule has 0 aliphatic rings. The molecule has 0 atom stereocenters. The summed E-state index contributed by atoms with van der Waals surface area (Å²) >= 11 is 6.19. The van der Waals surface area contributed by atoms with E-state index in [2.05, 4.69) is 5.32 Å². The molecule has 0 saturated heterocycles. The molecule has 0 spiro atoms. The number of nitrogens with two attached hydrogens (primary N) is 1. The minimum atomic E-state index is -0.245. The van der Waals surface area contributed by atoms with Crippen LogP contribution >= 0.6 is 11.6 Å². The van der Waals surface area contributed by atoms with Crippen LogP contribution in [0.5, 0.6) is 0 Å². The van der Waals surface area contributed by atoms with Gasteiger partial charge in [-0.15, -0.1) is 0 Å². The predicted octanol–water partition coefficient (Wildman–Crippen LogP) is 3.55. The van der Waals surface area contributed by atoms with Gasteiger partial charge in [0.05, 0.1) is 16.3 Å². The highest BCUT2D eigenvalue weighted by Gasteiger charge is 2.11. The van der Waals surface area contributed by atoms with Gasteiger partial charge in [-0.05, 0) is 37.3 Å². The summed E-state index contributed by atoms with van der Waals surface area (Å²) in [5, 5.41) is 3.39. The van der Waals surface area contributed by atoms with Crippen LogP contribution in [0, 0.1) is 6.92 Å². The Morgan fingerprint density at radius 2 is 1.90 bits per heavy atom. The normalized spacial score (nSPS) is 10.3. The summed E-state index contributed by atoms with van der Waals surface area (Å²) in [5.41, 5.74) is 9.27. The van der Waals surface area contributed by atoms with Crippen LogP contribution in [-0.4, -0.2) is 20.0 Å². The minimum absolute atomic E-state index is 0.245. The number of hydrogen-bond donors (Lipinski definition) is 2. The third-order valence-corrected chi connectivity index (χ3v) is 3.44. The Balaban J connectivity index is 2.24. The van der Waals surface area contributed by atoms with Crippen molar-refractivity contribution in [2.24, 2.45) is 0 Å². The second-order valence-corrected chi connectivity index (χ2v) is 5.51. The summed E-state index contributed by atoms with van der Waals surface area (Å²) in [7, 11) is 3.82. The zero-order valence-electron chi connectivity index (χ0n) is 12.3. The molecule has 3 N–H and O–H groups in total. The largest absolute Gasteiger partial charge is 0.398 e. The zero-order valence-corrected chi connectivity index (χ0v) is 13.0. The number of amides is 1. The highest BCUT2D eigenvalue weighted by molar-refractivity contribution is 6.33. The number of nitrogens with zero attached hydrogens (tertiary/aromatic N) is 1. The van der Waals surface area contributed by atoms with E-state index >= 15 is 0 Å². The minimum Gasteiger partial charge on any atom is -0.398 e. The van der Waals surface area contributed by atoms with Gasteiger partial charge in [-0.1, -0.05) is 23.2 Å². The number of nitrogen functional groups attached to an aromatic ring is 1. The molecule has 2 rings (SSSR count). The van der Waals surface area contributed by atoms with E-state index in [4.69, 9.17) is 17.3 Å². The van der Waals surface area contributed by atoms with E-state index in [1.807, 2.05) is 44.1 Å². The number of rotatable bonds is 3. The molecule has 0 radical (unpaired) electrons. The van der Waals surface area contributed by atoms with Gasteiger partial charge in [0, 0.05) is 25.5 Å². The first kappa shape index (κ1) is 15.2. The van der Waals surface area contributed by atoms with Crippen molar-refractivity contribution in [2.45, 2.75) is 6.92 Å². The summed E-state index contributed by atoms with van der Waals surface area (Å²) in [6.07, 6.45) is 0. The maximum atomic E-state index is 12.3. The lowest BCUT2D eigenvalue weighted by Crippen LogP contribution is -2.15. The summed E-state index contributed by atoms with van der Waals surface area (Å²) in [6, 6.07) is 10.8. The molecule has 0 aliphatic carbocycles. The lowest BCUT2D eigenvalue weighted by atomic mass is 10.1. The van der Waals surface area contributed by atoms with Crippen molar-refractivity contribution in [1.29, 1.82) is 0 Å². The third kappa shape index (κ3) is 3.47. The molecular formula is C16H18ClN3O. The lowest BCUT2D eigenvalue weighted by molar-refractivity contribution is 0.102. The molecule has 2 aromatic carbocycles. The summed E-state index contributed by atoms with van der Waals surface area (Å²) < 4.78 is 0. The highest BCUT2D eigenvalue weighted by Crippen LogP contribution is 2.28. The standard InChI is InChI=1S/C16H18ClN3O/c1-10-4-6-14(18)12(8-10)16(21)19-11-5-7-15(20(2)3)13(17)9-11/h4-9H,18H2,1-3H3,(H,19,21). The molecule has 0 heterocycles. The van der Waals surface area contributed by atoms with Crippen molar-refractivity contribution in [3.8, 4) is 0 Å². The number of benzene rings is 2. The van der Waals surface area contributed by atoms with E-state index in [0.29, 0.717) is 22.0 Å². The molecular weight excluding hydrogens is 286 g/mol. The Morgan fingerprint density at radius 1 is 1.19 bits per heavy atom. The predicted molar refractivity (Wildman–Crippen MR) is 89.3 cm³/mol. The molecule has 110 valence electrons. The van der Waals surface area contributed by atoms with Crippen molar-refractivity contribution in [1.82, 2.24) is 0 Å². The monoisotopic (exact) mass is 303 g/mol. The van der Waals surface area contributed by atoms with Gasteiger partial charge >= 0.3 is 0 Å². The van der Waals surface area contributed by atoms with Crippen LogP contribution in [0.15, 0.2) is 36.4 Å². The van der Waals surface area contributed by atoms with Crippen LogP contribution in [0.1, 0.15) is 15.9 Å². The molecule has 21 heavy (non-hydrogen) atoms. The molecule has 0 saturated carbocycles. The van der Waals surface area contributed by atoms with Crippen molar-refractivity contribution in [2.75, 3.05) is 30.0 Å². The fraction of sp³-hybridized carbons (Fsp3) is 0.188. The van der Waals surface area contributed by atoms with E-state index in [-0.39, 0.29) is 5.91 Å². The van der Waals surface area contributed by atoms with E-state index < -0.39 is 0 Å². The van der Waals surface area contributed by atoms with Gasteiger partial charge in [-0.25, -0.2) is 0 Å². The van der Waals surface area contributed by atoms with Crippen molar-refractivity contribution < 1.29 is 4.79 Å². The average molecular weight is 304 g/mol. The van der Waals surface area contributed by atoms with Gasteiger partial charge in [0.1, 0.15) is 0 Å². The second-order valence-electron chi connectivity index (χ2n) is 5.11. The van der Waals surface area contributed by atoms with Gasteiger partial charge in [-0.2, -0.15) is 0 Å². The van der Waals surface area contributed by atoms with Gasteiger partial charge in [0.25, 0.3) is 5.91 Å². The SMILES string of the molecule is Cc1ccc(N)c(C(=O)Nc2ccc(N(C)C)c(Cl)c2)c1. The Bertz CT molecular complexity index is 683. The molecule has 0 aliphatic heterocycles. The van der Waals surface area contributed by atoms with Crippen LogP contribution in [0.25, 0.3) is 0 Å². The second kappa shape index (κ2) is 6.06. The molecule has 2 aromatic rings. The highest BCUT2D eigenvalue weighted by atomic mass is 35.5. The van der Waals surface area contributed by atoms with Gasteiger partial charge in [0.15, 0.2) is 0 Å². The topological polar surface area (TPSA) is 58.4 Å². The fourth-order valence-corrected chi connectivity index (χ4v) is 2.36. The number of hydrogen-bond acceptors (Lipinski definition) is 3. The Hall–Kier alpha value is -2.20. The smallest absolute Gasteiger partial charge is 0.257 e. The lowest BCUT2D eigenvalue weighted by Gasteiger charge is -2.15. The fourth-order valence-electron chi connectivity index (χ4n) is 2.01. The third-order valence-electron chi connectivity index (χ3n) is 3.14. The number of nitrogens with one attached hydrogen (secondary N) is 1. The van der Waals surface area contributed by atoms with Crippen LogP contribution in [0.2, 0.25) is 5.02 Å². The van der Waals surface area contributed by atoms with E-state index in [1.54, 1.807) is 18.2 Å². The number of carbonyl (C=O) groups excluding carboxylic acids is 1. The molecule has 0 unspecified atom stereocenters. The maximum Gasteiger partial charge on any atom is 0.257 e. The van der Waals surface area contributed by atoms with Crippen molar-refractivity contribution in [3.63, 3.8) is 0 Å². The molecule has 0 bridgehead atoms. The van der Waals surface area contributed by atoms with E-state index in [9.17, 15) is 4.79 Å². The molecule has 0 aromatic heterocycles. The Labute approximate surface area is 129 Å². The molecule has 4 nitrogen and oxygen atoms in total. The number of aryl methyl sites for hydroxylation is 1. The molecule has 0 fully saturated rings. The van der Waals surface area contributed by atoms with Gasteiger partial charge in [0.2, 0.25) is 0 Å². The average Bonchev–Trinajstić information content (AvgIpc) is 2.41. The van der Waals surface area contributed by atoms with Crippen LogP contribution in [0.3, 0.4) is 0 Å². The Morgan fingerprint density at radius 3 is 2.52 bits per heavy atom. The summed E-state index contributed by atoms with van der Waals surface area (Å²) in [4.78, 5) is 14.2. The van der Waals surface area contributed by atoms with Crippen LogP contribution in [-0.2, 0) is 0 Å². The number of carbonyl (C=O) groups is 1. The Kier molecular flexibility index (Phi) is 4.38. The maximum absolute atomic E-state index is 12.3. The summed E-state index contributed by atoms with van der Waals surface area (Å²) in [6.45, 7) is 1.92. The van der Waals surface area contributed by atoms with Crippen molar-refractivity contribution in [3.05, 3.63) is 52.5 Å². The van der Waals surface area contributed by atoms with E-state index in [0.717, 1.165) is 11.3 Å². The molecule has 1 amide bonds. The van der Waals surface area contributed by atoms with Crippen LogP contribution in [0.4, 0.5) is 17.1 Å². The number of anilines is 3. The number of halogens is 1. The van der Waals surface area contributed by atoms with Crippen molar-refractivity contribution >= 4 is 34.6 Å². The first-order valence-corrected chi connectivity index (χ1v) is 6.90.